The minimum Gasteiger partial charge on any atom is -0.496 e. The number of hydrogen-bond donors (Lipinski definition) is 2. The summed E-state index contributed by atoms with van der Waals surface area (Å²) >= 11 is 0. The van der Waals surface area contributed by atoms with Crippen LogP contribution in [0.25, 0.3) is 10.8 Å². The Hall–Kier alpha value is -2.34. The molecule has 3 rings (SSSR count). The Morgan fingerprint density at radius 1 is 1.50 bits per heavy atom. The Morgan fingerprint density at radius 2 is 2.32 bits per heavy atom. The number of fused-ring (bicyclic) bond motifs is 1. The van der Waals surface area contributed by atoms with Crippen LogP contribution >= 0.6 is 0 Å². The molecule has 1 saturated heterocycles. The molecule has 1 aromatic heterocycles. The van der Waals surface area contributed by atoms with Crippen molar-refractivity contribution in [1.29, 1.82) is 0 Å². The maximum absolute atomic E-state index is 11.5. The van der Waals surface area contributed by atoms with E-state index in [0.717, 1.165) is 36.0 Å². The second kappa shape index (κ2) is 5.81. The summed E-state index contributed by atoms with van der Waals surface area (Å²) < 4.78 is 5.28. The highest BCUT2D eigenvalue weighted by atomic mass is 16.5. The SMILES string of the molecule is COc1cc2c(N3CCC[C@H](O)C3)nccc2cc1C(N)=O. The number of ether oxygens (including phenoxy) is 1. The van der Waals surface area contributed by atoms with Gasteiger partial charge in [-0.05, 0) is 36.4 Å². The van der Waals surface area contributed by atoms with E-state index in [-0.39, 0.29) is 6.10 Å². The topological polar surface area (TPSA) is 88.7 Å². The molecule has 0 aliphatic carbocycles. The number of nitrogens with two attached hydrogens (primary N) is 1. The standard InChI is InChI=1S/C16H19N3O3/c1-22-14-8-12-10(7-13(14)15(17)21)4-5-18-16(12)19-6-2-3-11(20)9-19/h4-5,7-8,11,20H,2-3,6,9H2,1H3,(H2,17,21)/t11-/m0/s1. The molecule has 1 fully saturated rings. The largest absolute Gasteiger partial charge is 0.496 e. The third-order valence-corrected chi connectivity index (χ3v) is 4.02. The minimum absolute atomic E-state index is 0.336. The van der Waals surface area contributed by atoms with E-state index in [1.54, 1.807) is 18.3 Å². The molecule has 22 heavy (non-hydrogen) atoms. The number of primary amides is 1. The Kier molecular flexibility index (Phi) is 3.85. The van der Waals surface area contributed by atoms with Gasteiger partial charge in [0.25, 0.3) is 5.91 Å². The van der Waals surface area contributed by atoms with Crippen molar-refractivity contribution < 1.29 is 14.6 Å². The summed E-state index contributed by atoms with van der Waals surface area (Å²) in [6.07, 6.45) is 3.11. The van der Waals surface area contributed by atoms with Crippen LogP contribution < -0.4 is 15.4 Å². The van der Waals surface area contributed by atoms with Crippen molar-refractivity contribution in [3.05, 3.63) is 30.0 Å². The lowest BCUT2D eigenvalue weighted by Crippen LogP contribution is -2.38. The molecule has 6 nitrogen and oxygen atoms in total. The number of pyridine rings is 1. The second-order valence-corrected chi connectivity index (χ2v) is 5.51. The Balaban J connectivity index is 2.13. The zero-order chi connectivity index (χ0) is 15.7. The molecule has 2 aromatic rings. The zero-order valence-electron chi connectivity index (χ0n) is 12.5. The number of carbonyl (C=O) groups excluding carboxylic acids is 1. The summed E-state index contributed by atoms with van der Waals surface area (Å²) in [5, 5.41) is 11.6. The average Bonchev–Trinajstić information content (AvgIpc) is 2.52. The molecule has 0 saturated carbocycles. The fraction of sp³-hybridized carbons (Fsp3) is 0.375. The summed E-state index contributed by atoms with van der Waals surface area (Å²) in [7, 11) is 1.51. The van der Waals surface area contributed by atoms with Crippen LogP contribution in [0.4, 0.5) is 5.82 Å². The van der Waals surface area contributed by atoms with E-state index in [1.165, 1.54) is 7.11 Å². The quantitative estimate of drug-likeness (QED) is 0.892. The van der Waals surface area contributed by atoms with Gasteiger partial charge in [0, 0.05) is 24.7 Å². The number of rotatable bonds is 3. The molecule has 0 radical (unpaired) electrons. The van der Waals surface area contributed by atoms with Crippen LogP contribution in [0.1, 0.15) is 23.2 Å². The molecule has 3 N–H and O–H groups in total. The lowest BCUT2D eigenvalue weighted by atomic mass is 10.0. The van der Waals surface area contributed by atoms with Crippen molar-refractivity contribution in [2.24, 2.45) is 5.73 Å². The highest BCUT2D eigenvalue weighted by Gasteiger charge is 2.21. The van der Waals surface area contributed by atoms with E-state index in [4.69, 9.17) is 10.5 Å². The molecule has 1 aliphatic rings. The van der Waals surface area contributed by atoms with Gasteiger partial charge in [0.2, 0.25) is 0 Å². The fourth-order valence-electron chi connectivity index (χ4n) is 2.95. The van der Waals surface area contributed by atoms with Gasteiger partial charge in [-0.1, -0.05) is 0 Å². The summed E-state index contributed by atoms with van der Waals surface area (Å²) in [5.74, 6) is 0.711. The third kappa shape index (κ3) is 2.57. The number of aliphatic hydroxyl groups is 1. The summed E-state index contributed by atoms with van der Waals surface area (Å²) in [4.78, 5) is 18.1. The van der Waals surface area contributed by atoms with Crippen molar-refractivity contribution in [3.8, 4) is 5.75 Å². The predicted molar refractivity (Wildman–Crippen MR) is 84.3 cm³/mol. The van der Waals surface area contributed by atoms with Gasteiger partial charge >= 0.3 is 0 Å². The van der Waals surface area contributed by atoms with Crippen LogP contribution in [-0.4, -0.2) is 42.3 Å². The number of amides is 1. The van der Waals surface area contributed by atoms with E-state index in [0.29, 0.717) is 17.9 Å². The van der Waals surface area contributed by atoms with Gasteiger partial charge in [-0.25, -0.2) is 4.98 Å². The van der Waals surface area contributed by atoms with Crippen LogP contribution in [0.2, 0.25) is 0 Å². The monoisotopic (exact) mass is 301 g/mol. The number of methoxy groups -OCH3 is 1. The lowest BCUT2D eigenvalue weighted by molar-refractivity contribution is 0.0997. The minimum atomic E-state index is -0.523. The van der Waals surface area contributed by atoms with E-state index in [2.05, 4.69) is 9.88 Å². The van der Waals surface area contributed by atoms with Crippen LogP contribution in [-0.2, 0) is 0 Å². The number of nitrogens with zero attached hydrogens (tertiary/aromatic N) is 2. The molecule has 116 valence electrons. The molecule has 0 spiro atoms. The van der Waals surface area contributed by atoms with Gasteiger partial charge in [-0.15, -0.1) is 0 Å². The van der Waals surface area contributed by atoms with E-state index in [9.17, 15) is 9.90 Å². The molecule has 0 unspecified atom stereocenters. The molecular weight excluding hydrogens is 282 g/mol. The molecule has 1 aliphatic heterocycles. The molecule has 2 heterocycles. The number of piperidine rings is 1. The average molecular weight is 301 g/mol. The zero-order valence-corrected chi connectivity index (χ0v) is 12.5. The Morgan fingerprint density at radius 3 is 3.00 bits per heavy atom. The molecule has 0 bridgehead atoms. The van der Waals surface area contributed by atoms with Crippen LogP contribution in [0, 0.1) is 0 Å². The van der Waals surface area contributed by atoms with Gasteiger partial charge in [0.05, 0.1) is 18.8 Å². The van der Waals surface area contributed by atoms with Gasteiger partial charge in [0.1, 0.15) is 11.6 Å². The van der Waals surface area contributed by atoms with E-state index >= 15 is 0 Å². The lowest BCUT2D eigenvalue weighted by Gasteiger charge is -2.31. The molecular formula is C16H19N3O3. The Labute approximate surface area is 128 Å². The fourth-order valence-corrected chi connectivity index (χ4v) is 2.95. The second-order valence-electron chi connectivity index (χ2n) is 5.51. The first-order valence-electron chi connectivity index (χ1n) is 7.29. The highest BCUT2D eigenvalue weighted by Crippen LogP contribution is 2.32. The predicted octanol–water partition coefficient (Wildman–Crippen LogP) is 1.30. The van der Waals surface area contributed by atoms with Gasteiger partial charge in [0.15, 0.2) is 0 Å². The first-order valence-corrected chi connectivity index (χ1v) is 7.29. The Bertz CT molecular complexity index is 717. The number of anilines is 1. The van der Waals surface area contributed by atoms with Crippen molar-refractivity contribution in [1.82, 2.24) is 4.98 Å². The molecule has 6 heteroatoms. The maximum atomic E-state index is 11.5. The third-order valence-electron chi connectivity index (χ3n) is 4.02. The first kappa shape index (κ1) is 14.6. The van der Waals surface area contributed by atoms with Crippen LogP contribution in [0.5, 0.6) is 5.75 Å². The smallest absolute Gasteiger partial charge is 0.252 e. The van der Waals surface area contributed by atoms with Gasteiger partial charge < -0.3 is 20.5 Å². The highest BCUT2D eigenvalue weighted by molar-refractivity contribution is 6.03. The van der Waals surface area contributed by atoms with Crippen molar-refractivity contribution in [3.63, 3.8) is 0 Å². The van der Waals surface area contributed by atoms with Crippen molar-refractivity contribution in [2.75, 3.05) is 25.1 Å². The number of aliphatic hydroxyl groups excluding tert-OH is 1. The number of β-amino-alcohol motifs (C(OH)–C–C–N with tert-alkyl or cyclic N) is 1. The summed E-state index contributed by atoms with van der Waals surface area (Å²) in [5.41, 5.74) is 5.75. The van der Waals surface area contributed by atoms with Crippen LogP contribution in [0.15, 0.2) is 24.4 Å². The number of hydrogen-bond acceptors (Lipinski definition) is 5. The summed E-state index contributed by atoms with van der Waals surface area (Å²) in [6, 6.07) is 5.35. The van der Waals surface area contributed by atoms with Crippen molar-refractivity contribution in [2.45, 2.75) is 18.9 Å². The van der Waals surface area contributed by atoms with Gasteiger partial charge in [-0.2, -0.15) is 0 Å². The first-order chi connectivity index (χ1) is 10.6. The van der Waals surface area contributed by atoms with Crippen LogP contribution in [0.3, 0.4) is 0 Å². The van der Waals surface area contributed by atoms with E-state index < -0.39 is 5.91 Å². The summed E-state index contributed by atoms with van der Waals surface area (Å²) in [6.45, 7) is 1.41. The normalized spacial score (nSPS) is 18.5. The molecule has 1 aromatic carbocycles. The van der Waals surface area contributed by atoms with E-state index in [1.807, 2.05) is 6.07 Å². The number of aromatic nitrogens is 1. The van der Waals surface area contributed by atoms with Crippen molar-refractivity contribution >= 4 is 22.5 Å². The number of carbonyl (C=O) groups is 1. The number of benzene rings is 1. The molecule has 1 atom stereocenters. The van der Waals surface area contributed by atoms with Gasteiger partial charge in [-0.3, -0.25) is 4.79 Å². The maximum Gasteiger partial charge on any atom is 0.252 e. The molecule has 1 amide bonds.